The summed E-state index contributed by atoms with van der Waals surface area (Å²) in [4.78, 5) is 10.7. The zero-order valence-corrected chi connectivity index (χ0v) is 8.00. The van der Waals surface area contributed by atoms with Gasteiger partial charge in [0.25, 0.3) is 0 Å². The van der Waals surface area contributed by atoms with Crippen LogP contribution in [0, 0.1) is 11.3 Å². The Bertz CT molecular complexity index is 409. The highest BCUT2D eigenvalue weighted by molar-refractivity contribution is 9.10. The van der Waals surface area contributed by atoms with Crippen LogP contribution in [0.3, 0.4) is 0 Å². The maximum absolute atomic E-state index is 10.7. The van der Waals surface area contributed by atoms with E-state index in [-0.39, 0.29) is 11.1 Å². The monoisotopic (exact) mass is 240 g/mol. The Kier molecular flexibility index (Phi) is 2.54. The maximum Gasteiger partial charge on any atom is 0.338 e. The van der Waals surface area contributed by atoms with Crippen molar-refractivity contribution in [3.63, 3.8) is 0 Å². The van der Waals surface area contributed by atoms with Crippen LogP contribution < -0.4 is 5.73 Å². The molecule has 0 unspecified atom stereocenters. The Morgan fingerprint density at radius 1 is 1.62 bits per heavy atom. The van der Waals surface area contributed by atoms with Gasteiger partial charge in [-0.05, 0) is 28.1 Å². The van der Waals surface area contributed by atoms with Crippen LogP contribution in [0.2, 0.25) is 0 Å². The van der Waals surface area contributed by atoms with Crippen LogP contribution in [0.25, 0.3) is 0 Å². The van der Waals surface area contributed by atoms with Gasteiger partial charge < -0.3 is 10.8 Å². The van der Waals surface area contributed by atoms with Gasteiger partial charge in [-0.1, -0.05) is 0 Å². The molecule has 1 aromatic rings. The highest BCUT2D eigenvalue weighted by atomic mass is 79.9. The number of carboxylic acids is 1. The van der Waals surface area contributed by atoms with Crippen LogP contribution in [0.5, 0.6) is 0 Å². The number of halogens is 1. The first kappa shape index (κ1) is 9.55. The van der Waals surface area contributed by atoms with Crippen molar-refractivity contribution in [1.82, 2.24) is 0 Å². The Hall–Kier alpha value is -1.54. The number of carbonyl (C=O) groups is 1. The Balaban J connectivity index is 3.50. The van der Waals surface area contributed by atoms with E-state index in [1.165, 1.54) is 12.1 Å². The van der Waals surface area contributed by atoms with Gasteiger partial charge in [0.2, 0.25) is 0 Å². The summed E-state index contributed by atoms with van der Waals surface area (Å²) < 4.78 is 0.316. The maximum atomic E-state index is 10.7. The predicted molar refractivity (Wildman–Crippen MR) is 50.2 cm³/mol. The van der Waals surface area contributed by atoms with Crippen molar-refractivity contribution >= 4 is 27.6 Å². The van der Waals surface area contributed by atoms with Gasteiger partial charge in [-0.2, -0.15) is 5.26 Å². The van der Waals surface area contributed by atoms with Crippen LogP contribution in [-0.2, 0) is 0 Å². The molecule has 66 valence electrons. The summed E-state index contributed by atoms with van der Waals surface area (Å²) in [6.45, 7) is 0. The number of hydrogen-bond donors (Lipinski definition) is 2. The summed E-state index contributed by atoms with van der Waals surface area (Å²) in [5.74, 6) is -1.15. The minimum atomic E-state index is -1.15. The van der Waals surface area contributed by atoms with Crippen molar-refractivity contribution in [2.24, 2.45) is 0 Å². The van der Waals surface area contributed by atoms with Gasteiger partial charge in [0.15, 0.2) is 0 Å². The summed E-state index contributed by atoms with van der Waals surface area (Å²) >= 11 is 3.03. The molecule has 0 saturated carbocycles. The number of nitriles is 1. The number of benzene rings is 1. The molecule has 0 aliphatic rings. The van der Waals surface area contributed by atoms with Crippen LogP contribution >= 0.6 is 15.9 Å². The lowest BCUT2D eigenvalue weighted by Gasteiger charge is -2.02. The SMILES string of the molecule is N#Cc1cc(N)cc(Br)c1C(=O)O. The summed E-state index contributed by atoms with van der Waals surface area (Å²) in [5.41, 5.74) is 5.78. The van der Waals surface area contributed by atoms with Crippen molar-refractivity contribution in [3.8, 4) is 6.07 Å². The van der Waals surface area contributed by atoms with Gasteiger partial charge in [0.05, 0.1) is 11.1 Å². The van der Waals surface area contributed by atoms with Gasteiger partial charge in [-0.15, -0.1) is 0 Å². The molecule has 3 N–H and O–H groups in total. The van der Waals surface area contributed by atoms with E-state index in [2.05, 4.69) is 15.9 Å². The van der Waals surface area contributed by atoms with E-state index in [9.17, 15) is 4.79 Å². The second-order valence-corrected chi connectivity index (χ2v) is 3.20. The van der Waals surface area contributed by atoms with E-state index in [4.69, 9.17) is 16.1 Å². The molecule has 0 heterocycles. The zero-order chi connectivity index (χ0) is 10.0. The molecule has 0 spiro atoms. The van der Waals surface area contributed by atoms with E-state index in [1.54, 1.807) is 6.07 Å². The first-order chi connectivity index (χ1) is 6.06. The van der Waals surface area contributed by atoms with Crippen LogP contribution in [0.1, 0.15) is 15.9 Å². The van der Waals surface area contributed by atoms with Crippen molar-refractivity contribution in [2.45, 2.75) is 0 Å². The molecule has 13 heavy (non-hydrogen) atoms. The van der Waals surface area contributed by atoms with E-state index >= 15 is 0 Å². The second kappa shape index (κ2) is 3.46. The smallest absolute Gasteiger partial charge is 0.338 e. The highest BCUT2D eigenvalue weighted by Gasteiger charge is 2.14. The van der Waals surface area contributed by atoms with E-state index < -0.39 is 5.97 Å². The lowest BCUT2D eigenvalue weighted by atomic mass is 10.1. The quantitative estimate of drug-likeness (QED) is 0.731. The second-order valence-electron chi connectivity index (χ2n) is 2.34. The Morgan fingerprint density at radius 2 is 2.23 bits per heavy atom. The number of rotatable bonds is 1. The number of hydrogen-bond acceptors (Lipinski definition) is 3. The highest BCUT2D eigenvalue weighted by Crippen LogP contribution is 2.23. The van der Waals surface area contributed by atoms with Crippen molar-refractivity contribution in [3.05, 3.63) is 27.7 Å². The van der Waals surface area contributed by atoms with Crippen molar-refractivity contribution < 1.29 is 9.90 Å². The number of aromatic carboxylic acids is 1. The number of nitrogens with zero attached hydrogens (tertiary/aromatic N) is 1. The van der Waals surface area contributed by atoms with Gasteiger partial charge in [-0.3, -0.25) is 0 Å². The van der Waals surface area contributed by atoms with Gasteiger partial charge in [0.1, 0.15) is 6.07 Å². The molecule has 4 nitrogen and oxygen atoms in total. The summed E-state index contributed by atoms with van der Waals surface area (Å²) in [6.07, 6.45) is 0. The van der Waals surface area contributed by atoms with E-state index in [0.717, 1.165) is 0 Å². The molecule has 0 amide bonds. The number of nitrogens with two attached hydrogens (primary N) is 1. The minimum Gasteiger partial charge on any atom is -0.478 e. The lowest BCUT2D eigenvalue weighted by Crippen LogP contribution is -2.02. The molecule has 0 fully saturated rings. The lowest BCUT2D eigenvalue weighted by molar-refractivity contribution is 0.0695. The first-order valence-corrected chi connectivity index (χ1v) is 4.08. The molecule has 0 aromatic heterocycles. The average Bonchev–Trinajstić information content (AvgIpc) is 2.01. The Labute approximate surface area is 82.7 Å². The van der Waals surface area contributed by atoms with Crippen LogP contribution in [-0.4, -0.2) is 11.1 Å². The summed E-state index contributed by atoms with van der Waals surface area (Å²) in [5, 5.41) is 17.4. The van der Waals surface area contributed by atoms with E-state index in [0.29, 0.717) is 10.2 Å². The largest absolute Gasteiger partial charge is 0.478 e. The molecule has 0 saturated heterocycles. The number of nitrogen functional groups attached to an aromatic ring is 1. The van der Waals surface area contributed by atoms with Gasteiger partial charge in [0, 0.05) is 10.2 Å². The molecule has 0 atom stereocenters. The molecular weight excluding hydrogens is 236 g/mol. The molecule has 0 radical (unpaired) electrons. The average molecular weight is 241 g/mol. The molecule has 0 aliphatic carbocycles. The third kappa shape index (κ3) is 1.79. The molecular formula is C8H5BrN2O2. The zero-order valence-electron chi connectivity index (χ0n) is 6.41. The molecule has 0 bridgehead atoms. The van der Waals surface area contributed by atoms with Crippen LogP contribution in [0.4, 0.5) is 5.69 Å². The first-order valence-electron chi connectivity index (χ1n) is 3.28. The molecule has 5 heteroatoms. The fourth-order valence-electron chi connectivity index (χ4n) is 0.933. The van der Waals surface area contributed by atoms with Gasteiger partial charge >= 0.3 is 5.97 Å². The third-order valence-corrected chi connectivity index (χ3v) is 2.07. The summed E-state index contributed by atoms with van der Waals surface area (Å²) in [6, 6.07) is 4.54. The predicted octanol–water partition coefficient (Wildman–Crippen LogP) is 1.60. The van der Waals surface area contributed by atoms with Crippen molar-refractivity contribution in [2.75, 3.05) is 5.73 Å². The Morgan fingerprint density at radius 3 is 2.69 bits per heavy atom. The minimum absolute atomic E-state index is 0.0550. The fourth-order valence-corrected chi connectivity index (χ4v) is 1.58. The molecule has 1 rings (SSSR count). The standard InChI is InChI=1S/C8H5BrN2O2/c9-6-2-5(11)1-4(3-10)7(6)8(12)13/h1-2H,11H2,(H,12,13). The number of anilines is 1. The normalized spacial score (nSPS) is 9.23. The van der Waals surface area contributed by atoms with Crippen molar-refractivity contribution in [1.29, 1.82) is 5.26 Å². The molecule has 1 aromatic carbocycles. The van der Waals surface area contributed by atoms with Crippen LogP contribution in [0.15, 0.2) is 16.6 Å². The topological polar surface area (TPSA) is 87.1 Å². The van der Waals surface area contributed by atoms with Gasteiger partial charge in [-0.25, -0.2) is 4.79 Å². The number of carboxylic acid groups (broad SMARTS) is 1. The third-order valence-electron chi connectivity index (χ3n) is 1.45. The molecule has 0 aliphatic heterocycles. The summed E-state index contributed by atoms with van der Waals surface area (Å²) in [7, 11) is 0. The van der Waals surface area contributed by atoms with E-state index in [1.807, 2.05) is 0 Å². The fraction of sp³-hybridized carbons (Fsp3) is 0.